The number of fused-ring (bicyclic) bond motifs is 1. The van der Waals surface area contributed by atoms with Crippen molar-refractivity contribution in [1.29, 1.82) is 0 Å². The molecule has 2 aliphatic heterocycles. The minimum atomic E-state index is -1.04. The van der Waals surface area contributed by atoms with Gasteiger partial charge in [-0.1, -0.05) is 17.7 Å². The van der Waals surface area contributed by atoms with E-state index in [9.17, 15) is 9.59 Å². The standard InChI is InChI=1S/C19H13ClN2O5S/c1-22-17(23)16(7-11-6-14-15(8-13(11)20)27-9-26-14)28-19(22)21-12-4-2-3-10(5-12)18(24)25/h2-8H,9H2,1H3,(H,24,25). The van der Waals surface area contributed by atoms with E-state index in [0.717, 1.165) is 0 Å². The van der Waals surface area contributed by atoms with E-state index < -0.39 is 5.97 Å². The Morgan fingerprint density at radius 2 is 2.04 bits per heavy atom. The first-order chi connectivity index (χ1) is 13.4. The minimum Gasteiger partial charge on any atom is -0.478 e. The Balaban J connectivity index is 1.65. The van der Waals surface area contributed by atoms with Gasteiger partial charge in [-0.3, -0.25) is 9.69 Å². The number of hydrogen-bond acceptors (Lipinski definition) is 6. The second-order valence-electron chi connectivity index (χ2n) is 5.95. The SMILES string of the molecule is CN1C(=O)C(=Cc2cc3c(cc2Cl)OCO3)SC1=Nc1cccc(C(=O)O)c1. The van der Waals surface area contributed by atoms with Gasteiger partial charge in [0, 0.05) is 13.1 Å². The number of nitrogens with zero attached hydrogens (tertiary/aromatic N) is 2. The van der Waals surface area contributed by atoms with E-state index in [4.69, 9.17) is 26.2 Å². The van der Waals surface area contributed by atoms with Crippen molar-refractivity contribution in [2.45, 2.75) is 0 Å². The molecule has 0 spiro atoms. The van der Waals surface area contributed by atoms with Gasteiger partial charge in [0.1, 0.15) is 0 Å². The first-order valence-electron chi connectivity index (χ1n) is 8.11. The smallest absolute Gasteiger partial charge is 0.335 e. The summed E-state index contributed by atoms with van der Waals surface area (Å²) >= 11 is 7.47. The fraction of sp³-hybridized carbons (Fsp3) is 0.105. The lowest BCUT2D eigenvalue weighted by Crippen LogP contribution is -2.23. The summed E-state index contributed by atoms with van der Waals surface area (Å²) in [6, 6.07) is 9.58. The van der Waals surface area contributed by atoms with Crippen LogP contribution >= 0.6 is 23.4 Å². The molecule has 0 atom stereocenters. The molecule has 2 aliphatic rings. The van der Waals surface area contributed by atoms with Crippen molar-refractivity contribution in [3.63, 3.8) is 0 Å². The van der Waals surface area contributed by atoms with Gasteiger partial charge in [-0.25, -0.2) is 9.79 Å². The van der Waals surface area contributed by atoms with Crippen LogP contribution in [0.25, 0.3) is 6.08 Å². The summed E-state index contributed by atoms with van der Waals surface area (Å²) < 4.78 is 10.6. The first kappa shape index (κ1) is 18.4. The number of rotatable bonds is 3. The van der Waals surface area contributed by atoms with Gasteiger partial charge in [0.05, 0.1) is 21.2 Å². The Morgan fingerprint density at radius 1 is 1.29 bits per heavy atom. The van der Waals surface area contributed by atoms with Gasteiger partial charge in [-0.05, 0) is 47.7 Å². The number of halogens is 1. The van der Waals surface area contributed by atoms with E-state index in [1.165, 1.54) is 28.8 Å². The van der Waals surface area contributed by atoms with Crippen molar-refractivity contribution in [3.8, 4) is 11.5 Å². The Labute approximate surface area is 169 Å². The Kier molecular flexibility index (Phi) is 4.74. The van der Waals surface area contributed by atoms with Crippen LogP contribution in [0.2, 0.25) is 5.02 Å². The molecule has 0 aliphatic carbocycles. The summed E-state index contributed by atoms with van der Waals surface area (Å²) in [5.74, 6) is -0.134. The lowest BCUT2D eigenvalue weighted by molar-refractivity contribution is -0.121. The van der Waals surface area contributed by atoms with Crippen molar-refractivity contribution in [2.75, 3.05) is 13.8 Å². The maximum absolute atomic E-state index is 12.6. The molecule has 2 aromatic rings. The molecule has 1 N–H and O–H groups in total. The second-order valence-corrected chi connectivity index (χ2v) is 7.37. The maximum Gasteiger partial charge on any atom is 0.335 e. The minimum absolute atomic E-state index is 0.127. The topological polar surface area (TPSA) is 88.4 Å². The number of benzene rings is 2. The van der Waals surface area contributed by atoms with Crippen LogP contribution in [0.4, 0.5) is 5.69 Å². The lowest BCUT2D eigenvalue weighted by Gasteiger charge is -2.07. The van der Waals surface area contributed by atoms with Crippen LogP contribution in [0.5, 0.6) is 11.5 Å². The molecule has 0 unspecified atom stereocenters. The second kappa shape index (κ2) is 7.21. The van der Waals surface area contributed by atoms with Crippen molar-refractivity contribution in [2.24, 2.45) is 4.99 Å². The largest absolute Gasteiger partial charge is 0.478 e. The molecule has 0 aromatic heterocycles. The number of thioether (sulfide) groups is 1. The summed E-state index contributed by atoms with van der Waals surface area (Å²) in [5, 5.41) is 9.98. The highest BCUT2D eigenvalue weighted by molar-refractivity contribution is 8.18. The first-order valence-corrected chi connectivity index (χ1v) is 9.30. The van der Waals surface area contributed by atoms with Gasteiger partial charge in [0.15, 0.2) is 16.7 Å². The van der Waals surface area contributed by atoms with Crippen LogP contribution in [-0.4, -0.2) is 40.9 Å². The molecule has 2 heterocycles. The van der Waals surface area contributed by atoms with E-state index in [-0.39, 0.29) is 18.3 Å². The van der Waals surface area contributed by atoms with Crippen molar-refractivity contribution >= 4 is 52.2 Å². The lowest BCUT2D eigenvalue weighted by atomic mass is 10.2. The molecule has 0 saturated carbocycles. The van der Waals surface area contributed by atoms with E-state index in [0.29, 0.717) is 37.8 Å². The number of hydrogen-bond donors (Lipinski definition) is 1. The molecule has 1 amide bonds. The van der Waals surface area contributed by atoms with Gasteiger partial charge in [0.2, 0.25) is 6.79 Å². The number of carbonyl (C=O) groups is 2. The number of aliphatic imine (C=N–C) groups is 1. The molecule has 9 heteroatoms. The third-order valence-electron chi connectivity index (χ3n) is 4.10. The molecule has 1 saturated heterocycles. The van der Waals surface area contributed by atoms with Crippen molar-refractivity contribution in [1.82, 2.24) is 4.90 Å². The van der Waals surface area contributed by atoms with E-state index in [1.54, 1.807) is 37.4 Å². The van der Waals surface area contributed by atoms with E-state index >= 15 is 0 Å². The zero-order chi connectivity index (χ0) is 19.8. The van der Waals surface area contributed by atoms with E-state index in [1.807, 2.05) is 0 Å². The molecule has 7 nitrogen and oxygen atoms in total. The third kappa shape index (κ3) is 3.44. The number of likely N-dealkylation sites (N-methyl/N-ethyl adjacent to an activating group) is 1. The Bertz CT molecular complexity index is 1070. The number of carboxylic acid groups (broad SMARTS) is 1. The van der Waals surface area contributed by atoms with Crippen LogP contribution in [0.1, 0.15) is 15.9 Å². The fourth-order valence-corrected chi connectivity index (χ4v) is 3.84. The van der Waals surface area contributed by atoms with Gasteiger partial charge in [0.25, 0.3) is 5.91 Å². The van der Waals surface area contributed by atoms with Crippen LogP contribution in [-0.2, 0) is 4.79 Å². The summed E-state index contributed by atoms with van der Waals surface area (Å²) in [6.45, 7) is 0.133. The maximum atomic E-state index is 12.6. The Hall–Kier alpha value is -2.97. The number of aromatic carboxylic acids is 1. The molecular weight excluding hydrogens is 404 g/mol. The molecule has 0 bridgehead atoms. The summed E-state index contributed by atoms with van der Waals surface area (Å²) in [4.78, 5) is 30.0. The highest BCUT2D eigenvalue weighted by Crippen LogP contribution is 2.40. The number of carboxylic acids is 1. The Morgan fingerprint density at radius 3 is 2.79 bits per heavy atom. The van der Waals surface area contributed by atoms with Gasteiger partial charge >= 0.3 is 5.97 Å². The zero-order valence-corrected chi connectivity index (χ0v) is 16.1. The van der Waals surface area contributed by atoms with Crippen LogP contribution in [0.15, 0.2) is 46.3 Å². The molecule has 0 radical (unpaired) electrons. The predicted molar refractivity (Wildman–Crippen MR) is 106 cm³/mol. The quantitative estimate of drug-likeness (QED) is 0.761. The molecule has 2 aromatic carbocycles. The number of carbonyl (C=O) groups excluding carboxylic acids is 1. The van der Waals surface area contributed by atoms with Crippen LogP contribution < -0.4 is 9.47 Å². The number of amides is 1. The summed E-state index contributed by atoms with van der Waals surface area (Å²) in [5.41, 5.74) is 1.20. The molecule has 28 heavy (non-hydrogen) atoms. The summed E-state index contributed by atoms with van der Waals surface area (Å²) in [7, 11) is 1.61. The van der Waals surface area contributed by atoms with E-state index in [2.05, 4.69) is 4.99 Å². The average Bonchev–Trinajstić information content (AvgIpc) is 3.22. The van der Waals surface area contributed by atoms with Crippen molar-refractivity contribution in [3.05, 3.63) is 57.5 Å². The highest BCUT2D eigenvalue weighted by atomic mass is 35.5. The predicted octanol–water partition coefficient (Wildman–Crippen LogP) is 4.00. The van der Waals surface area contributed by atoms with Crippen molar-refractivity contribution < 1.29 is 24.2 Å². The molecular formula is C19H13ClN2O5S. The van der Waals surface area contributed by atoms with Gasteiger partial charge in [-0.2, -0.15) is 0 Å². The fourth-order valence-electron chi connectivity index (χ4n) is 2.66. The number of ether oxygens (including phenoxy) is 2. The monoisotopic (exact) mass is 416 g/mol. The highest BCUT2D eigenvalue weighted by Gasteiger charge is 2.31. The third-order valence-corrected chi connectivity index (χ3v) is 5.49. The zero-order valence-electron chi connectivity index (χ0n) is 14.5. The molecule has 4 rings (SSSR count). The van der Waals surface area contributed by atoms with Gasteiger partial charge < -0.3 is 14.6 Å². The van der Waals surface area contributed by atoms with Crippen LogP contribution in [0.3, 0.4) is 0 Å². The number of amidine groups is 1. The van der Waals surface area contributed by atoms with Crippen LogP contribution in [0, 0.1) is 0 Å². The molecule has 1 fully saturated rings. The molecule has 142 valence electrons. The average molecular weight is 417 g/mol. The summed E-state index contributed by atoms with van der Waals surface area (Å²) in [6.07, 6.45) is 1.67. The normalized spacial score (nSPS) is 18.4. The van der Waals surface area contributed by atoms with Gasteiger partial charge in [-0.15, -0.1) is 0 Å².